The molecule has 8 heteroatoms. The Labute approximate surface area is 131 Å². The summed E-state index contributed by atoms with van der Waals surface area (Å²) < 4.78 is 34.4. The van der Waals surface area contributed by atoms with Crippen molar-refractivity contribution < 1.29 is 33.0 Å². The fourth-order valence-corrected chi connectivity index (χ4v) is 2.67. The van der Waals surface area contributed by atoms with Gasteiger partial charge in [0.1, 0.15) is 0 Å². The van der Waals surface area contributed by atoms with E-state index in [0.717, 1.165) is 0 Å². The second kappa shape index (κ2) is 7.26. The number of hydrogen-bond donors (Lipinski definition) is 2. The van der Waals surface area contributed by atoms with Gasteiger partial charge in [0.05, 0.1) is 18.6 Å². The zero-order chi connectivity index (χ0) is 17.0. The minimum absolute atomic E-state index is 0.0211. The van der Waals surface area contributed by atoms with E-state index >= 15 is 0 Å². The third-order valence-corrected chi connectivity index (χ3v) is 3.77. The summed E-state index contributed by atoms with van der Waals surface area (Å²) in [4.78, 5) is 23.2. The molecule has 0 radical (unpaired) electrons. The molecule has 1 aliphatic rings. The number of methoxy groups -OCH3 is 1. The van der Waals surface area contributed by atoms with Gasteiger partial charge in [0.15, 0.2) is 11.5 Å². The molecule has 2 rings (SSSR count). The first-order chi connectivity index (χ1) is 10.9. The average Bonchev–Trinajstić information content (AvgIpc) is 2.95. The highest BCUT2D eigenvalue weighted by atomic mass is 19.3. The molecule has 1 aromatic rings. The van der Waals surface area contributed by atoms with Crippen molar-refractivity contribution in [3.63, 3.8) is 0 Å². The second-order valence-corrected chi connectivity index (χ2v) is 5.23. The van der Waals surface area contributed by atoms with Crippen LogP contribution >= 0.6 is 0 Å². The van der Waals surface area contributed by atoms with E-state index < -0.39 is 24.4 Å². The van der Waals surface area contributed by atoms with Gasteiger partial charge in [0.2, 0.25) is 0 Å². The van der Waals surface area contributed by atoms with Gasteiger partial charge in [-0.15, -0.1) is 0 Å². The fraction of sp³-hybridized carbons (Fsp3) is 0.467. The van der Waals surface area contributed by atoms with E-state index in [0.29, 0.717) is 19.3 Å². The van der Waals surface area contributed by atoms with Crippen molar-refractivity contribution >= 4 is 11.9 Å². The van der Waals surface area contributed by atoms with Gasteiger partial charge >= 0.3 is 12.6 Å². The van der Waals surface area contributed by atoms with Crippen LogP contribution in [0.1, 0.15) is 29.6 Å². The molecule has 1 aliphatic carbocycles. The monoisotopic (exact) mass is 329 g/mol. The lowest BCUT2D eigenvalue weighted by Gasteiger charge is -2.16. The van der Waals surface area contributed by atoms with Crippen molar-refractivity contribution in [3.8, 4) is 11.5 Å². The first-order valence-electron chi connectivity index (χ1n) is 7.07. The van der Waals surface area contributed by atoms with Crippen LogP contribution in [0.5, 0.6) is 11.5 Å². The van der Waals surface area contributed by atoms with Crippen LogP contribution in [0.3, 0.4) is 0 Å². The highest BCUT2D eigenvalue weighted by Crippen LogP contribution is 2.33. The highest BCUT2D eigenvalue weighted by Gasteiger charge is 2.31. The molecule has 2 N–H and O–H groups in total. The number of rotatable bonds is 6. The molecule has 0 spiro atoms. The summed E-state index contributed by atoms with van der Waals surface area (Å²) in [5.74, 6) is -2.31. The minimum atomic E-state index is -3.10. The zero-order valence-corrected chi connectivity index (χ0v) is 12.4. The van der Waals surface area contributed by atoms with E-state index in [9.17, 15) is 18.4 Å². The van der Waals surface area contributed by atoms with Crippen LogP contribution in [0.15, 0.2) is 18.2 Å². The molecular formula is C15H17F2NO5. The van der Waals surface area contributed by atoms with Crippen molar-refractivity contribution in [2.75, 3.05) is 7.11 Å². The molecule has 1 amide bonds. The lowest BCUT2D eigenvalue weighted by molar-refractivity contribution is -0.141. The van der Waals surface area contributed by atoms with Crippen LogP contribution in [0.2, 0.25) is 0 Å². The van der Waals surface area contributed by atoms with Crippen LogP contribution in [0, 0.1) is 5.92 Å². The predicted molar refractivity (Wildman–Crippen MR) is 75.9 cm³/mol. The number of benzene rings is 1. The number of nitrogens with one attached hydrogen (secondary N) is 1. The zero-order valence-electron chi connectivity index (χ0n) is 12.4. The van der Waals surface area contributed by atoms with Gasteiger partial charge in [0.25, 0.3) is 5.91 Å². The normalized spacial score (nSPS) is 20.3. The lowest BCUT2D eigenvalue weighted by atomic mass is 10.1. The molecule has 1 saturated carbocycles. The number of hydrogen-bond acceptors (Lipinski definition) is 4. The summed E-state index contributed by atoms with van der Waals surface area (Å²) in [5.41, 5.74) is -0.0802. The van der Waals surface area contributed by atoms with E-state index in [-0.39, 0.29) is 23.1 Å². The van der Waals surface area contributed by atoms with Gasteiger partial charge in [-0.2, -0.15) is 8.78 Å². The molecule has 0 heterocycles. The quantitative estimate of drug-likeness (QED) is 0.836. The van der Waals surface area contributed by atoms with E-state index in [1.807, 2.05) is 0 Å². The van der Waals surface area contributed by atoms with Crippen LogP contribution in [-0.2, 0) is 4.79 Å². The SMILES string of the molecule is COc1cccc(C(=O)N[C@@H]2CC[C@H](C(=O)O)C2)c1OC(F)F. The maximum Gasteiger partial charge on any atom is 0.387 e. The topological polar surface area (TPSA) is 84.9 Å². The third-order valence-electron chi connectivity index (χ3n) is 3.77. The Balaban J connectivity index is 2.14. The molecule has 0 bridgehead atoms. The Morgan fingerprint density at radius 2 is 2.09 bits per heavy atom. The Hall–Kier alpha value is -2.38. The van der Waals surface area contributed by atoms with E-state index in [2.05, 4.69) is 10.1 Å². The summed E-state index contributed by atoms with van der Waals surface area (Å²) in [5, 5.41) is 11.6. The number of amides is 1. The number of halogens is 2. The van der Waals surface area contributed by atoms with Crippen molar-refractivity contribution in [2.24, 2.45) is 5.92 Å². The molecule has 0 saturated heterocycles. The molecule has 2 atom stereocenters. The number of alkyl halides is 2. The van der Waals surface area contributed by atoms with Crippen molar-refractivity contribution in [1.82, 2.24) is 5.32 Å². The summed E-state index contributed by atoms with van der Waals surface area (Å²) in [6.07, 6.45) is 1.31. The summed E-state index contributed by atoms with van der Waals surface area (Å²) in [7, 11) is 1.28. The summed E-state index contributed by atoms with van der Waals surface area (Å²) >= 11 is 0. The summed E-state index contributed by atoms with van der Waals surface area (Å²) in [6, 6.07) is 3.93. The Morgan fingerprint density at radius 1 is 1.35 bits per heavy atom. The highest BCUT2D eigenvalue weighted by molar-refractivity contribution is 5.98. The van der Waals surface area contributed by atoms with Gasteiger partial charge in [-0.1, -0.05) is 6.07 Å². The number of aliphatic carboxylic acids is 1. The molecule has 0 unspecified atom stereocenters. The Morgan fingerprint density at radius 3 is 2.65 bits per heavy atom. The van der Waals surface area contributed by atoms with E-state index in [4.69, 9.17) is 9.84 Å². The molecule has 0 aromatic heterocycles. The van der Waals surface area contributed by atoms with Crippen molar-refractivity contribution in [2.45, 2.75) is 31.9 Å². The molecule has 126 valence electrons. The van der Waals surface area contributed by atoms with Gasteiger partial charge in [-0.3, -0.25) is 9.59 Å². The van der Waals surface area contributed by atoms with Gasteiger partial charge in [-0.25, -0.2) is 0 Å². The van der Waals surface area contributed by atoms with Gasteiger partial charge in [-0.05, 0) is 31.4 Å². The second-order valence-electron chi connectivity index (χ2n) is 5.23. The number of carboxylic acids is 1. The first kappa shape index (κ1) is 17.0. The number of para-hydroxylation sites is 1. The van der Waals surface area contributed by atoms with Gasteiger partial charge < -0.3 is 19.9 Å². The molecule has 0 aliphatic heterocycles. The maximum atomic E-state index is 12.6. The Kier molecular flexibility index (Phi) is 5.36. The number of carbonyl (C=O) groups excluding carboxylic acids is 1. The minimum Gasteiger partial charge on any atom is -0.493 e. The number of carboxylic acid groups (broad SMARTS) is 1. The van der Waals surface area contributed by atoms with Crippen molar-refractivity contribution in [1.29, 1.82) is 0 Å². The molecule has 1 fully saturated rings. The predicted octanol–water partition coefficient (Wildman–Crippen LogP) is 2.28. The average molecular weight is 329 g/mol. The Bertz CT molecular complexity index is 593. The van der Waals surface area contributed by atoms with E-state index in [1.54, 1.807) is 0 Å². The maximum absolute atomic E-state index is 12.6. The molecule has 23 heavy (non-hydrogen) atoms. The third kappa shape index (κ3) is 4.08. The number of ether oxygens (including phenoxy) is 2. The molecule has 1 aromatic carbocycles. The van der Waals surface area contributed by atoms with Gasteiger partial charge in [0, 0.05) is 6.04 Å². The van der Waals surface area contributed by atoms with Crippen LogP contribution in [0.4, 0.5) is 8.78 Å². The largest absolute Gasteiger partial charge is 0.493 e. The van der Waals surface area contributed by atoms with E-state index in [1.165, 1.54) is 25.3 Å². The lowest BCUT2D eigenvalue weighted by Crippen LogP contribution is -2.33. The summed E-state index contributed by atoms with van der Waals surface area (Å²) in [6.45, 7) is -3.10. The smallest absolute Gasteiger partial charge is 0.387 e. The van der Waals surface area contributed by atoms with Crippen LogP contribution in [0.25, 0.3) is 0 Å². The van der Waals surface area contributed by atoms with Crippen LogP contribution < -0.4 is 14.8 Å². The number of carbonyl (C=O) groups is 2. The molecular weight excluding hydrogens is 312 g/mol. The standard InChI is InChI=1S/C15H17F2NO5/c1-22-11-4-2-3-10(12(11)23-15(16)17)13(19)18-9-6-5-8(7-9)14(20)21/h2-4,8-9,15H,5-7H2,1H3,(H,18,19)(H,20,21)/t8-,9+/m0/s1. The van der Waals surface area contributed by atoms with Crippen molar-refractivity contribution in [3.05, 3.63) is 23.8 Å². The first-order valence-corrected chi connectivity index (χ1v) is 7.07. The van der Waals surface area contributed by atoms with Crippen LogP contribution in [-0.4, -0.2) is 36.7 Å². The fourth-order valence-electron chi connectivity index (χ4n) is 2.67. The molecule has 6 nitrogen and oxygen atoms in total.